The van der Waals surface area contributed by atoms with E-state index in [1.807, 2.05) is 29.2 Å². The summed E-state index contributed by atoms with van der Waals surface area (Å²) in [5, 5.41) is 11.7. The highest BCUT2D eigenvalue weighted by molar-refractivity contribution is 5.83. The first-order valence-corrected chi connectivity index (χ1v) is 6.68. The fraction of sp³-hybridized carbons (Fsp3) is 0.500. The first-order valence-electron chi connectivity index (χ1n) is 6.68. The fourth-order valence-corrected chi connectivity index (χ4v) is 3.55. The van der Waals surface area contributed by atoms with Gasteiger partial charge in [0.1, 0.15) is 6.04 Å². The zero-order valence-electron chi connectivity index (χ0n) is 11.2. The van der Waals surface area contributed by atoms with Crippen molar-refractivity contribution in [2.75, 3.05) is 18.6 Å². The quantitative estimate of drug-likeness (QED) is 0.464. The molecule has 2 heterocycles. The molecule has 0 spiro atoms. The van der Waals surface area contributed by atoms with Crippen LogP contribution >= 0.6 is 0 Å². The number of nitro groups is 1. The predicted molar refractivity (Wildman–Crippen MR) is 72.3 cm³/mol. The molecule has 6 nitrogen and oxygen atoms in total. The van der Waals surface area contributed by atoms with Crippen LogP contribution in [-0.2, 0) is 16.0 Å². The lowest BCUT2D eigenvalue weighted by Gasteiger charge is -2.40. The average molecular weight is 276 g/mol. The lowest BCUT2D eigenvalue weighted by molar-refractivity contribution is -0.559. The molecule has 1 aromatic carbocycles. The Morgan fingerprint density at radius 1 is 1.50 bits per heavy atom. The molecular weight excluding hydrogens is 260 g/mol. The Labute approximate surface area is 116 Å². The van der Waals surface area contributed by atoms with Gasteiger partial charge in [0, 0.05) is 17.2 Å². The van der Waals surface area contributed by atoms with Crippen LogP contribution in [-0.4, -0.2) is 36.1 Å². The number of anilines is 1. The minimum absolute atomic E-state index is 0.101. The molecule has 0 aliphatic carbocycles. The first kappa shape index (κ1) is 12.9. The van der Waals surface area contributed by atoms with E-state index in [0.717, 1.165) is 24.2 Å². The molecule has 2 atom stereocenters. The summed E-state index contributed by atoms with van der Waals surface area (Å²) in [6, 6.07) is 7.17. The van der Waals surface area contributed by atoms with Gasteiger partial charge in [-0.25, -0.2) is 4.79 Å². The number of rotatable bonds is 2. The number of esters is 1. The van der Waals surface area contributed by atoms with E-state index in [2.05, 4.69) is 0 Å². The van der Waals surface area contributed by atoms with Crippen LogP contribution in [0, 0.1) is 10.1 Å². The SMILES string of the molecule is COC(=O)C1([N+](=O)[O-])Cc2ccccc2N2CCCC21. The van der Waals surface area contributed by atoms with Gasteiger partial charge < -0.3 is 9.64 Å². The lowest BCUT2D eigenvalue weighted by Crippen LogP contribution is -2.64. The zero-order valence-corrected chi connectivity index (χ0v) is 11.2. The summed E-state index contributed by atoms with van der Waals surface area (Å²) < 4.78 is 4.77. The first-order chi connectivity index (χ1) is 9.61. The highest BCUT2D eigenvalue weighted by Gasteiger charge is 2.64. The van der Waals surface area contributed by atoms with Crippen molar-refractivity contribution in [2.45, 2.75) is 30.8 Å². The number of methoxy groups -OCH3 is 1. The van der Waals surface area contributed by atoms with Crippen LogP contribution in [0.3, 0.4) is 0 Å². The molecule has 1 fully saturated rings. The molecule has 1 saturated heterocycles. The molecule has 6 heteroatoms. The van der Waals surface area contributed by atoms with Crippen molar-refractivity contribution in [1.82, 2.24) is 0 Å². The van der Waals surface area contributed by atoms with Crippen molar-refractivity contribution in [3.05, 3.63) is 39.9 Å². The van der Waals surface area contributed by atoms with Crippen LogP contribution < -0.4 is 4.90 Å². The van der Waals surface area contributed by atoms with E-state index in [0.29, 0.717) is 6.42 Å². The molecule has 2 aliphatic heterocycles. The van der Waals surface area contributed by atoms with Crippen LogP contribution in [0.1, 0.15) is 18.4 Å². The minimum Gasteiger partial charge on any atom is -0.464 e. The second kappa shape index (κ2) is 4.47. The normalized spacial score (nSPS) is 27.6. The summed E-state index contributed by atoms with van der Waals surface area (Å²) >= 11 is 0. The highest BCUT2D eigenvalue weighted by Crippen LogP contribution is 2.43. The number of hydrogen-bond donors (Lipinski definition) is 0. The number of hydrogen-bond acceptors (Lipinski definition) is 5. The number of carbonyl (C=O) groups is 1. The van der Waals surface area contributed by atoms with Crippen molar-refractivity contribution in [1.29, 1.82) is 0 Å². The van der Waals surface area contributed by atoms with Crippen molar-refractivity contribution >= 4 is 11.7 Å². The van der Waals surface area contributed by atoms with Crippen LogP contribution in [0.2, 0.25) is 0 Å². The maximum Gasteiger partial charge on any atom is 0.387 e. The van der Waals surface area contributed by atoms with E-state index in [1.165, 1.54) is 7.11 Å². The standard InChI is InChI=1S/C14H16N2O4/c1-20-13(17)14(16(18)19)9-10-5-2-3-6-11(10)15-8-4-7-12(14)15/h2-3,5-6,12H,4,7-9H2,1H3. The van der Waals surface area contributed by atoms with Crippen LogP contribution in [0.15, 0.2) is 24.3 Å². The van der Waals surface area contributed by atoms with Gasteiger partial charge in [0.05, 0.1) is 13.5 Å². The van der Waals surface area contributed by atoms with Gasteiger partial charge in [-0.1, -0.05) is 18.2 Å². The maximum absolute atomic E-state index is 12.2. The Balaban J connectivity index is 2.17. The monoisotopic (exact) mass is 276 g/mol. The molecule has 1 aromatic rings. The van der Waals surface area contributed by atoms with E-state index in [-0.39, 0.29) is 6.42 Å². The average Bonchev–Trinajstić information content (AvgIpc) is 2.95. The Morgan fingerprint density at radius 2 is 2.25 bits per heavy atom. The largest absolute Gasteiger partial charge is 0.464 e. The third-order valence-corrected chi connectivity index (χ3v) is 4.43. The summed E-state index contributed by atoms with van der Waals surface area (Å²) in [7, 11) is 1.22. The molecule has 2 unspecified atom stereocenters. The molecule has 3 rings (SSSR count). The van der Waals surface area contributed by atoms with Crippen molar-refractivity contribution < 1.29 is 14.5 Å². The van der Waals surface area contributed by atoms with Gasteiger partial charge in [0.25, 0.3) is 0 Å². The number of para-hydroxylation sites is 1. The predicted octanol–water partition coefficient (Wildman–Crippen LogP) is 1.40. The highest BCUT2D eigenvalue weighted by atomic mass is 16.6. The maximum atomic E-state index is 12.2. The van der Waals surface area contributed by atoms with Crippen LogP contribution in [0.4, 0.5) is 5.69 Å². The fourth-order valence-electron chi connectivity index (χ4n) is 3.55. The van der Waals surface area contributed by atoms with Gasteiger partial charge in [-0.3, -0.25) is 10.1 Å². The molecule has 0 saturated carbocycles. The van der Waals surface area contributed by atoms with Gasteiger partial charge in [-0.2, -0.15) is 0 Å². The van der Waals surface area contributed by atoms with E-state index in [9.17, 15) is 14.9 Å². The molecule has 2 aliphatic rings. The third kappa shape index (κ3) is 1.54. The van der Waals surface area contributed by atoms with Crippen LogP contribution in [0.5, 0.6) is 0 Å². The zero-order chi connectivity index (χ0) is 14.3. The Bertz CT molecular complexity index is 574. The molecule has 0 bridgehead atoms. The van der Waals surface area contributed by atoms with E-state index in [1.54, 1.807) is 0 Å². The molecular formula is C14H16N2O4. The summed E-state index contributed by atoms with van der Waals surface area (Å²) in [5.74, 6) is -0.742. The number of benzene rings is 1. The topological polar surface area (TPSA) is 72.7 Å². The molecule has 0 radical (unpaired) electrons. The van der Waals surface area contributed by atoms with Crippen LogP contribution in [0.25, 0.3) is 0 Å². The Hall–Kier alpha value is -2.11. The summed E-state index contributed by atoms with van der Waals surface area (Å²) in [5.41, 5.74) is 0.170. The molecule has 106 valence electrons. The van der Waals surface area contributed by atoms with Gasteiger partial charge >= 0.3 is 11.5 Å². The Morgan fingerprint density at radius 3 is 2.95 bits per heavy atom. The number of carbonyl (C=O) groups excluding carboxylic acids is 1. The second-order valence-corrected chi connectivity index (χ2v) is 5.33. The number of ether oxygens (including phenoxy) is 1. The Kier molecular flexibility index (Phi) is 2.88. The smallest absolute Gasteiger partial charge is 0.387 e. The van der Waals surface area contributed by atoms with Crippen molar-refractivity contribution in [2.24, 2.45) is 0 Å². The van der Waals surface area contributed by atoms with Crippen molar-refractivity contribution in [3.8, 4) is 0 Å². The van der Waals surface area contributed by atoms with E-state index in [4.69, 9.17) is 4.74 Å². The summed E-state index contributed by atoms with van der Waals surface area (Å²) in [6.45, 7) is 0.744. The lowest BCUT2D eigenvalue weighted by atomic mass is 9.79. The molecule has 0 aromatic heterocycles. The summed E-state index contributed by atoms with van der Waals surface area (Å²) in [4.78, 5) is 25.5. The van der Waals surface area contributed by atoms with Gasteiger partial charge in [-0.15, -0.1) is 0 Å². The van der Waals surface area contributed by atoms with Gasteiger partial charge in [-0.05, 0) is 24.5 Å². The van der Waals surface area contributed by atoms with E-state index < -0.39 is 22.5 Å². The van der Waals surface area contributed by atoms with Gasteiger partial charge in [0.2, 0.25) is 0 Å². The molecule has 20 heavy (non-hydrogen) atoms. The molecule has 0 N–H and O–H groups in total. The molecule has 0 amide bonds. The number of fused-ring (bicyclic) bond motifs is 3. The minimum atomic E-state index is -1.68. The third-order valence-electron chi connectivity index (χ3n) is 4.43. The second-order valence-electron chi connectivity index (χ2n) is 5.33. The van der Waals surface area contributed by atoms with Gasteiger partial charge in [0.15, 0.2) is 0 Å². The number of nitrogens with zero attached hydrogens (tertiary/aromatic N) is 2. The summed E-state index contributed by atoms with van der Waals surface area (Å²) in [6.07, 6.45) is 1.60. The van der Waals surface area contributed by atoms with E-state index >= 15 is 0 Å². The van der Waals surface area contributed by atoms with Crippen molar-refractivity contribution in [3.63, 3.8) is 0 Å².